The summed E-state index contributed by atoms with van der Waals surface area (Å²) in [6.07, 6.45) is 0. The van der Waals surface area contributed by atoms with E-state index in [1.807, 2.05) is 6.92 Å². The first kappa shape index (κ1) is 12.1. The van der Waals surface area contributed by atoms with Crippen molar-refractivity contribution in [2.75, 3.05) is 20.4 Å². The van der Waals surface area contributed by atoms with Crippen LogP contribution in [-0.4, -0.2) is 25.3 Å². The van der Waals surface area contributed by atoms with Crippen molar-refractivity contribution < 1.29 is 4.74 Å². The molecule has 2 heteroatoms. The number of hydrogen-bond donors (Lipinski definition) is 0. The SMILES string of the molecule is CCOCN(C)Cc1cccc2ccccc12. The molecule has 0 aliphatic heterocycles. The summed E-state index contributed by atoms with van der Waals surface area (Å²) in [7, 11) is 2.08. The van der Waals surface area contributed by atoms with Crippen LogP contribution in [-0.2, 0) is 11.3 Å². The molecule has 0 unspecified atom stereocenters. The van der Waals surface area contributed by atoms with Crippen molar-refractivity contribution in [1.82, 2.24) is 4.90 Å². The average molecular weight is 229 g/mol. The molecular weight excluding hydrogens is 210 g/mol. The highest BCUT2D eigenvalue weighted by atomic mass is 16.5. The van der Waals surface area contributed by atoms with Crippen LogP contribution in [0.5, 0.6) is 0 Å². The van der Waals surface area contributed by atoms with E-state index < -0.39 is 0 Å². The molecule has 2 rings (SSSR count). The minimum absolute atomic E-state index is 0.680. The molecule has 0 spiro atoms. The number of fused-ring (bicyclic) bond motifs is 1. The molecule has 0 N–H and O–H groups in total. The number of hydrogen-bond acceptors (Lipinski definition) is 2. The van der Waals surface area contributed by atoms with Crippen LogP contribution >= 0.6 is 0 Å². The Balaban J connectivity index is 2.18. The molecule has 0 heterocycles. The number of benzene rings is 2. The van der Waals surface area contributed by atoms with Crippen LogP contribution in [0.4, 0.5) is 0 Å². The highest BCUT2D eigenvalue weighted by molar-refractivity contribution is 5.85. The summed E-state index contributed by atoms with van der Waals surface area (Å²) in [4.78, 5) is 2.19. The van der Waals surface area contributed by atoms with Crippen LogP contribution in [0.25, 0.3) is 10.8 Å². The summed E-state index contributed by atoms with van der Waals surface area (Å²) < 4.78 is 5.41. The van der Waals surface area contributed by atoms with Gasteiger partial charge in [0.15, 0.2) is 0 Å². The zero-order valence-corrected chi connectivity index (χ0v) is 10.5. The molecule has 17 heavy (non-hydrogen) atoms. The van der Waals surface area contributed by atoms with E-state index in [4.69, 9.17) is 4.74 Å². The third-order valence-electron chi connectivity index (χ3n) is 2.84. The molecule has 0 aliphatic rings. The summed E-state index contributed by atoms with van der Waals surface area (Å²) in [6.45, 7) is 4.38. The van der Waals surface area contributed by atoms with Crippen LogP contribution in [0.15, 0.2) is 42.5 Å². The lowest BCUT2D eigenvalue weighted by Gasteiger charge is -2.17. The monoisotopic (exact) mass is 229 g/mol. The first-order valence-electron chi connectivity index (χ1n) is 6.04. The third-order valence-corrected chi connectivity index (χ3v) is 2.84. The average Bonchev–Trinajstić information content (AvgIpc) is 2.37. The van der Waals surface area contributed by atoms with Gasteiger partial charge in [0.05, 0.1) is 6.73 Å². The predicted molar refractivity (Wildman–Crippen MR) is 71.9 cm³/mol. The molecule has 0 saturated carbocycles. The second-order valence-corrected chi connectivity index (χ2v) is 4.27. The molecule has 0 aliphatic carbocycles. The summed E-state index contributed by atoms with van der Waals surface area (Å²) in [5.74, 6) is 0. The lowest BCUT2D eigenvalue weighted by atomic mass is 10.0. The Bertz CT molecular complexity index is 476. The van der Waals surface area contributed by atoms with Gasteiger partial charge in [-0.25, -0.2) is 0 Å². The Labute approximate surface area is 103 Å². The normalized spacial score (nSPS) is 11.2. The lowest BCUT2D eigenvalue weighted by Crippen LogP contribution is -2.21. The molecule has 0 bridgehead atoms. The number of nitrogens with zero attached hydrogens (tertiary/aromatic N) is 1. The topological polar surface area (TPSA) is 12.5 Å². The quantitative estimate of drug-likeness (QED) is 0.730. The van der Waals surface area contributed by atoms with Gasteiger partial charge in [0.1, 0.15) is 0 Å². The fourth-order valence-electron chi connectivity index (χ4n) is 2.01. The molecule has 0 fully saturated rings. The highest BCUT2D eigenvalue weighted by Gasteiger charge is 2.03. The van der Waals surface area contributed by atoms with Crippen molar-refractivity contribution in [3.8, 4) is 0 Å². The minimum atomic E-state index is 0.680. The summed E-state index contributed by atoms with van der Waals surface area (Å²) in [5.41, 5.74) is 1.35. The summed E-state index contributed by atoms with van der Waals surface area (Å²) in [6, 6.07) is 15.0. The third kappa shape index (κ3) is 3.05. The molecular formula is C15H19NO. The zero-order chi connectivity index (χ0) is 12.1. The molecule has 2 aromatic rings. The van der Waals surface area contributed by atoms with Gasteiger partial charge in [0.2, 0.25) is 0 Å². The molecule has 0 atom stereocenters. The largest absolute Gasteiger partial charge is 0.366 e. The Hall–Kier alpha value is -1.38. The second-order valence-electron chi connectivity index (χ2n) is 4.27. The predicted octanol–water partition coefficient (Wildman–Crippen LogP) is 3.27. The number of ether oxygens (including phenoxy) is 1. The number of rotatable bonds is 5. The molecule has 0 saturated heterocycles. The van der Waals surface area contributed by atoms with Crippen molar-refractivity contribution in [3.63, 3.8) is 0 Å². The van der Waals surface area contributed by atoms with E-state index in [1.165, 1.54) is 16.3 Å². The van der Waals surface area contributed by atoms with Crippen LogP contribution in [0.1, 0.15) is 12.5 Å². The van der Waals surface area contributed by atoms with Gasteiger partial charge in [-0.15, -0.1) is 0 Å². The van der Waals surface area contributed by atoms with Gasteiger partial charge in [-0.2, -0.15) is 0 Å². The van der Waals surface area contributed by atoms with E-state index in [2.05, 4.69) is 54.4 Å². The second kappa shape index (κ2) is 5.80. The fourth-order valence-corrected chi connectivity index (χ4v) is 2.01. The first-order chi connectivity index (χ1) is 8.31. The smallest absolute Gasteiger partial charge is 0.0990 e. The van der Waals surface area contributed by atoms with Crippen LogP contribution < -0.4 is 0 Å². The Morgan fingerprint density at radius 3 is 2.65 bits per heavy atom. The van der Waals surface area contributed by atoms with Gasteiger partial charge >= 0.3 is 0 Å². The maximum Gasteiger partial charge on any atom is 0.0990 e. The molecule has 0 radical (unpaired) electrons. The van der Waals surface area contributed by atoms with Crippen LogP contribution in [0.3, 0.4) is 0 Å². The molecule has 0 amide bonds. The Morgan fingerprint density at radius 1 is 1.06 bits per heavy atom. The molecule has 2 nitrogen and oxygen atoms in total. The highest BCUT2D eigenvalue weighted by Crippen LogP contribution is 2.19. The van der Waals surface area contributed by atoms with Crippen molar-refractivity contribution >= 4 is 10.8 Å². The molecule has 2 aromatic carbocycles. The van der Waals surface area contributed by atoms with E-state index in [-0.39, 0.29) is 0 Å². The van der Waals surface area contributed by atoms with Gasteiger partial charge in [0, 0.05) is 13.2 Å². The van der Waals surface area contributed by atoms with E-state index >= 15 is 0 Å². The Kier molecular flexibility index (Phi) is 4.13. The lowest BCUT2D eigenvalue weighted by molar-refractivity contribution is 0.0469. The van der Waals surface area contributed by atoms with Gasteiger partial charge in [-0.3, -0.25) is 4.90 Å². The van der Waals surface area contributed by atoms with E-state index in [9.17, 15) is 0 Å². The van der Waals surface area contributed by atoms with Crippen LogP contribution in [0.2, 0.25) is 0 Å². The first-order valence-corrected chi connectivity index (χ1v) is 6.04. The standard InChI is InChI=1S/C15H19NO/c1-3-17-12-16(2)11-14-9-6-8-13-7-4-5-10-15(13)14/h4-10H,3,11-12H2,1-2H3. The van der Waals surface area contributed by atoms with Crippen molar-refractivity contribution in [2.24, 2.45) is 0 Å². The van der Waals surface area contributed by atoms with Gasteiger partial charge in [-0.05, 0) is 30.3 Å². The van der Waals surface area contributed by atoms with Gasteiger partial charge in [-0.1, -0.05) is 42.5 Å². The maximum atomic E-state index is 5.41. The van der Waals surface area contributed by atoms with Gasteiger partial charge in [0.25, 0.3) is 0 Å². The summed E-state index contributed by atoms with van der Waals surface area (Å²) >= 11 is 0. The summed E-state index contributed by atoms with van der Waals surface area (Å²) in [5, 5.41) is 2.63. The van der Waals surface area contributed by atoms with Crippen molar-refractivity contribution in [1.29, 1.82) is 0 Å². The van der Waals surface area contributed by atoms with Crippen molar-refractivity contribution in [2.45, 2.75) is 13.5 Å². The Morgan fingerprint density at radius 2 is 1.82 bits per heavy atom. The minimum Gasteiger partial charge on any atom is -0.366 e. The molecule has 0 aromatic heterocycles. The molecule has 90 valence electrons. The van der Waals surface area contributed by atoms with Gasteiger partial charge < -0.3 is 4.74 Å². The van der Waals surface area contributed by atoms with Crippen LogP contribution in [0, 0.1) is 0 Å². The zero-order valence-electron chi connectivity index (χ0n) is 10.5. The van der Waals surface area contributed by atoms with Crippen molar-refractivity contribution in [3.05, 3.63) is 48.0 Å². The van der Waals surface area contributed by atoms with E-state index in [0.29, 0.717) is 6.73 Å². The maximum absolute atomic E-state index is 5.41. The fraction of sp³-hybridized carbons (Fsp3) is 0.333. The van der Waals surface area contributed by atoms with E-state index in [0.717, 1.165) is 13.2 Å². The van der Waals surface area contributed by atoms with E-state index in [1.54, 1.807) is 0 Å².